The number of nitrogens with zero attached hydrogens (tertiary/aromatic N) is 1. The van der Waals surface area contributed by atoms with Gasteiger partial charge in [0.1, 0.15) is 0 Å². The molecule has 4 heteroatoms. The Balaban J connectivity index is 2.27. The van der Waals surface area contributed by atoms with Gasteiger partial charge in [0.25, 0.3) is 5.91 Å². The van der Waals surface area contributed by atoms with Crippen LogP contribution in [0.5, 0.6) is 0 Å². The monoisotopic (exact) mass is 261 g/mol. The highest BCUT2D eigenvalue weighted by molar-refractivity contribution is 6.04. The molecule has 0 saturated carbocycles. The first-order valence-corrected chi connectivity index (χ1v) is 6.52. The maximum atomic E-state index is 12.5. The van der Waals surface area contributed by atoms with E-state index in [2.05, 4.69) is 13.8 Å². The zero-order valence-electron chi connectivity index (χ0n) is 11.3. The maximum Gasteiger partial charge on any atom is 0.336 e. The molecule has 1 aliphatic rings. The molecule has 1 amide bonds. The van der Waals surface area contributed by atoms with Crippen LogP contribution in [0.25, 0.3) is 0 Å². The molecule has 0 spiro atoms. The summed E-state index contributed by atoms with van der Waals surface area (Å²) in [5.41, 5.74) is 0.468. The van der Waals surface area contributed by atoms with Gasteiger partial charge in [-0.15, -0.1) is 0 Å². The summed E-state index contributed by atoms with van der Waals surface area (Å²) in [4.78, 5) is 25.4. The summed E-state index contributed by atoms with van der Waals surface area (Å²) in [5, 5.41) is 9.14. The van der Waals surface area contributed by atoms with Gasteiger partial charge in [0.2, 0.25) is 0 Å². The normalized spacial score (nSPS) is 18.1. The lowest BCUT2D eigenvalue weighted by Gasteiger charge is -2.38. The van der Waals surface area contributed by atoms with E-state index in [1.807, 2.05) is 0 Å². The predicted molar refractivity (Wildman–Crippen MR) is 72.3 cm³/mol. The number of aromatic carboxylic acids is 1. The molecular weight excluding hydrogens is 242 g/mol. The molecular formula is C15H19NO3. The van der Waals surface area contributed by atoms with E-state index in [0.29, 0.717) is 13.1 Å². The van der Waals surface area contributed by atoms with E-state index in [1.165, 1.54) is 6.07 Å². The Morgan fingerprint density at radius 3 is 2.42 bits per heavy atom. The summed E-state index contributed by atoms with van der Waals surface area (Å²) in [6, 6.07) is 6.41. The van der Waals surface area contributed by atoms with E-state index in [1.54, 1.807) is 23.1 Å². The number of carbonyl (C=O) groups excluding carboxylic acids is 1. The van der Waals surface area contributed by atoms with E-state index in [-0.39, 0.29) is 22.4 Å². The van der Waals surface area contributed by atoms with Crippen LogP contribution in [0, 0.1) is 5.41 Å². The second-order valence-corrected chi connectivity index (χ2v) is 5.85. The van der Waals surface area contributed by atoms with Crippen molar-refractivity contribution in [3.8, 4) is 0 Å². The lowest BCUT2D eigenvalue weighted by Crippen LogP contribution is -2.43. The van der Waals surface area contributed by atoms with Crippen LogP contribution in [0.4, 0.5) is 0 Å². The number of hydrogen-bond donors (Lipinski definition) is 1. The predicted octanol–water partition coefficient (Wildman–Crippen LogP) is 2.65. The van der Waals surface area contributed by atoms with Crippen LogP contribution >= 0.6 is 0 Å². The van der Waals surface area contributed by atoms with Crippen molar-refractivity contribution in [1.29, 1.82) is 0 Å². The van der Waals surface area contributed by atoms with E-state index < -0.39 is 5.97 Å². The molecule has 1 aliphatic heterocycles. The average molecular weight is 261 g/mol. The first kappa shape index (κ1) is 13.6. The van der Waals surface area contributed by atoms with Crippen LogP contribution in [0.1, 0.15) is 47.4 Å². The summed E-state index contributed by atoms with van der Waals surface area (Å²) in [6.45, 7) is 5.65. The van der Waals surface area contributed by atoms with Crippen LogP contribution in [0.2, 0.25) is 0 Å². The Morgan fingerprint density at radius 2 is 1.84 bits per heavy atom. The molecule has 0 radical (unpaired) electrons. The minimum atomic E-state index is -1.06. The highest BCUT2D eigenvalue weighted by Gasteiger charge is 2.30. The second kappa shape index (κ2) is 5.03. The molecule has 102 valence electrons. The SMILES string of the molecule is CC1(C)CCCN(C(=O)c2ccccc2C(=O)O)C1. The van der Waals surface area contributed by atoms with Crippen molar-refractivity contribution in [2.45, 2.75) is 26.7 Å². The van der Waals surface area contributed by atoms with Crippen LogP contribution in [0.3, 0.4) is 0 Å². The van der Waals surface area contributed by atoms with Crippen LogP contribution in [-0.2, 0) is 0 Å². The van der Waals surface area contributed by atoms with Crippen LogP contribution in [0.15, 0.2) is 24.3 Å². The molecule has 1 aromatic rings. The van der Waals surface area contributed by atoms with Crippen molar-refractivity contribution in [3.63, 3.8) is 0 Å². The van der Waals surface area contributed by atoms with Gasteiger partial charge in [-0.25, -0.2) is 4.79 Å². The molecule has 1 saturated heterocycles. The Morgan fingerprint density at radius 1 is 1.21 bits per heavy atom. The molecule has 0 aromatic heterocycles. The standard InChI is InChI=1S/C15H19NO3/c1-15(2)8-5-9-16(10-15)13(17)11-6-3-4-7-12(11)14(18)19/h3-4,6-7H,5,8-10H2,1-2H3,(H,18,19). The Kier molecular flexibility index (Phi) is 3.60. The summed E-state index contributed by atoms with van der Waals surface area (Å²) in [7, 11) is 0. The summed E-state index contributed by atoms with van der Waals surface area (Å²) in [5.74, 6) is -1.23. The van der Waals surface area contributed by atoms with Crippen molar-refractivity contribution in [1.82, 2.24) is 4.90 Å². The molecule has 0 unspecified atom stereocenters. The van der Waals surface area contributed by atoms with Gasteiger partial charge in [0.15, 0.2) is 0 Å². The molecule has 0 atom stereocenters. The molecule has 1 aromatic carbocycles. The molecule has 0 bridgehead atoms. The first-order chi connectivity index (χ1) is 8.91. The maximum absolute atomic E-state index is 12.5. The second-order valence-electron chi connectivity index (χ2n) is 5.85. The zero-order valence-corrected chi connectivity index (χ0v) is 11.3. The van der Waals surface area contributed by atoms with Gasteiger partial charge in [-0.05, 0) is 30.4 Å². The van der Waals surface area contributed by atoms with Gasteiger partial charge in [-0.3, -0.25) is 4.79 Å². The van der Waals surface area contributed by atoms with E-state index >= 15 is 0 Å². The number of amides is 1. The smallest absolute Gasteiger partial charge is 0.336 e. The van der Waals surface area contributed by atoms with Crippen LogP contribution in [-0.4, -0.2) is 35.0 Å². The molecule has 0 aliphatic carbocycles. The number of carbonyl (C=O) groups is 2. The molecule has 1 heterocycles. The van der Waals surface area contributed by atoms with E-state index in [9.17, 15) is 9.59 Å². The average Bonchev–Trinajstić information content (AvgIpc) is 2.36. The Bertz CT molecular complexity index is 508. The third-order valence-corrected chi connectivity index (χ3v) is 3.58. The number of piperidine rings is 1. The number of hydrogen-bond acceptors (Lipinski definition) is 2. The number of carboxylic acids is 1. The van der Waals surface area contributed by atoms with Gasteiger partial charge < -0.3 is 10.0 Å². The quantitative estimate of drug-likeness (QED) is 0.890. The fourth-order valence-corrected chi connectivity index (χ4v) is 2.62. The van der Waals surface area contributed by atoms with Crippen LogP contribution < -0.4 is 0 Å². The van der Waals surface area contributed by atoms with Crippen molar-refractivity contribution in [2.24, 2.45) is 5.41 Å². The van der Waals surface area contributed by atoms with Gasteiger partial charge >= 0.3 is 5.97 Å². The van der Waals surface area contributed by atoms with Gasteiger partial charge in [-0.1, -0.05) is 26.0 Å². The molecule has 4 nitrogen and oxygen atoms in total. The highest BCUT2D eigenvalue weighted by atomic mass is 16.4. The number of rotatable bonds is 2. The minimum Gasteiger partial charge on any atom is -0.478 e. The number of carboxylic acid groups (broad SMARTS) is 1. The first-order valence-electron chi connectivity index (χ1n) is 6.52. The fraction of sp³-hybridized carbons (Fsp3) is 0.467. The number of benzene rings is 1. The van der Waals surface area contributed by atoms with Gasteiger partial charge in [0, 0.05) is 13.1 Å². The van der Waals surface area contributed by atoms with E-state index in [0.717, 1.165) is 12.8 Å². The largest absolute Gasteiger partial charge is 0.478 e. The Hall–Kier alpha value is -1.84. The van der Waals surface area contributed by atoms with Crippen molar-refractivity contribution in [2.75, 3.05) is 13.1 Å². The summed E-state index contributed by atoms with van der Waals surface area (Å²) < 4.78 is 0. The zero-order chi connectivity index (χ0) is 14.0. The minimum absolute atomic E-state index is 0.0795. The Labute approximate surface area is 113 Å². The third kappa shape index (κ3) is 2.95. The summed E-state index contributed by atoms with van der Waals surface area (Å²) >= 11 is 0. The molecule has 2 rings (SSSR count). The van der Waals surface area contributed by atoms with Crippen molar-refractivity contribution in [3.05, 3.63) is 35.4 Å². The fourth-order valence-electron chi connectivity index (χ4n) is 2.62. The molecule has 19 heavy (non-hydrogen) atoms. The lowest BCUT2D eigenvalue weighted by atomic mass is 9.84. The summed E-state index contributed by atoms with van der Waals surface area (Å²) in [6.07, 6.45) is 2.06. The highest BCUT2D eigenvalue weighted by Crippen LogP contribution is 2.29. The lowest BCUT2D eigenvalue weighted by molar-refractivity contribution is 0.0570. The van der Waals surface area contributed by atoms with Gasteiger partial charge in [-0.2, -0.15) is 0 Å². The van der Waals surface area contributed by atoms with Gasteiger partial charge in [0.05, 0.1) is 11.1 Å². The number of likely N-dealkylation sites (tertiary alicyclic amines) is 1. The van der Waals surface area contributed by atoms with E-state index in [4.69, 9.17) is 5.11 Å². The molecule has 1 N–H and O–H groups in total. The van der Waals surface area contributed by atoms with Crippen molar-refractivity contribution >= 4 is 11.9 Å². The van der Waals surface area contributed by atoms with Crippen molar-refractivity contribution < 1.29 is 14.7 Å². The third-order valence-electron chi connectivity index (χ3n) is 3.58. The molecule has 1 fully saturated rings. The topological polar surface area (TPSA) is 57.6 Å².